The number of nitrogens with one attached hydrogen (secondary N) is 1. The Hall–Kier alpha value is -3.13. The molecule has 0 aliphatic heterocycles. The lowest BCUT2D eigenvalue weighted by atomic mass is 10.2. The summed E-state index contributed by atoms with van der Waals surface area (Å²) in [6, 6.07) is 11.7. The van der Waals surface area contributed by atoms with E-state index in [2.05, 4.69) is 21.2 Å². The van der Waals surface area contributed by atoms with Gasteiger partial charge in [0, 0.05) is 17.6 Å². The van der Waals surface area contributed by atoms with Gasteiger partial charge in [0.15, 0.2) is 0 Å². The largest absolute Gasteiger partial charge is 0.497 e. The minimum Gasteiger partial charge on any atom is -0.497 e. The number of rotatable bonds is 7. The number of anilines is 1. The van der Waals surface area contributed by atoms with Gasteiger partial charge in [-0.05, 0) is 42.0 Å². The molecule has 0 fully saturated rings. The van der Waals surface area contributed by atoms with Crippen LogP contribution >= 0.6 is 15.9 Å². The van der Waals surface area contributed by atoms with Crippen LogP contribution in [-0.4, -0.2) is 48.5 Å². The van der Waals surface area contributed by atoms with Gasteiger partial charge in [0.1, 0.15) is 5.75 Å². The van der Waals surface area contributed by atoms with Gasteiger partial charge in [0.25, 0.3) is 0 Å². The number of nitrogens with zero attached hydrogens (tertiary/aromatic N) is 1. The average Bonchev–Trinajstić information content (AvgIpc) is 2.67. The van der Waals surface area contributed by atoms with E-state index in [1.54, 1.807) is 37.5 Å². The van der Waals surface area contributed by atoms with Crippen LogP contribution in [0.25, 0.3) is 6.08 Å². The van der Waals surface area contributed by atoms with Gasteiger partial charge in [0.05, 0.1) is 24.9 Å². The summed E-state index contributed by atoms with van der Waals surface area (Å²) in [4.78, 5) is 36.9. The molecule has 2 N–H and O–H groups in total. The number of methoxy groups -OCH3 is 1. The predicted molar refractivity (Wildman–Crippen MR) is 109 cm³/mol. The lowest BCUT2D eigenvalue weighted by molar-refractivity contribution is -0.129. The molecule has 0 spiro atoms. The maximum absolute atomic E-state index is 12.2. The molecule has 8 heteroatoms. The lowest BCUT2D eigenvalue weighted by Gasteiger charge is -2.15. The van der Waals surface area contributed by atoms with Gasteiger partial charge < -0.3 is 20.1 Å². The highest BCUT2D eigenvalue weighted by Crippen LogP contribution is 2.21. The smallest absolute Gasteiger partial charge is 0.337 e. The van der Waals surface area contributed by atoms with Crippen molar-refractivity contribution in [1.82, 2.24) is 4.90 Å². The van der Waals surface area contributed by atoms with Crippen molar-refractivity contribution in [2.24, 2.45) is 0 Å². The molecule has 0 aliphatic rings. The van der Waals surface area contributed by atoms with Gasteiger partial charge in [-0.25, -0.2) is 4.79 Å². The highest BCUT2D eigenvalue weighted by Gasteiger charge is 2.15. The molecule has 0 atom stereocenters. The van der Waals surface area contributed by atoms with E-state index in [0.29, 0.717) is 10.2 Å². The summed E-state index contributed by atoms with van der Waals surface area (Å²) >= 11 is 3.19. The zero-order chi connectivity index (χ0) is 20.7. The van der Waals surface area contributed by atoms with Crippen molar-refractivity contribution in [2.75, 3.05) is 26.0 Å². The van der Waals surface area contributed by atoms with Crippen molar-refractivity contribution in [3.05, 3.63) is 64.1 Å². The van der Waals surface area contributed by atoms with Gasteiger partial charge in [-0.1, -0.05) is 28.1 Å². The van der Waals surface area contributed by atoms with Gasteiger partial charge in [-0.3, -0.25) is 9.59 Å². The summed E-state index contributed by atoms with van der Waals surface area (Å²) in [7, 11) is 3.04. The van der Waals surface area contributed by atoms with E-state index in [1.807, 2.05) is 6.07 Å². The number of likely N-dealkylation sites (N-methyl/N-ethyl adjacent to an activating group) is 1. The molecular formula is C20H19BrN2O5. The molecule has 0 unspecified atom stereocenters. The first-order chi connectivity index (χ1) is 13.3. The van der Waals surface area contributed by atoms with Gasteiger partial charge in [0.2, 0.25) is 11.8 Å². The molecule has 7 nitrogen and oxygen atoms in total. The summed E-state index contributed by atoms with van der Waals surface area (Å²) in [5, 5.41) is 11.8. The maximum atomic E-state index is 12.2. The molecule has 0 bridgehead atoms. The van der Waals surface area contributed by atoms with Gasteiger partial charge in [-0.15, -0.1) is 0 Å². The van der Waals surface area contributed by atoms with Crippen LogP contribution in [0.2, 0.25) is 0 Å². The Kier molecular flexibility index (Phi) is 7.34. The van der Waals surface area contributed by atoms with E-state index < -0.39 is 11.9 Å². The molecule has 0 heterocycles. The number of amides is 2. The second-order valence-electron chi connectivity index (χ2n) is 5.85. The van der Waals surface area contributed by atoms with Crippen molar-refractivity contribution >= 4 is 45.5 Å². The maximum Gasteiger partial charge on any atom is 0.337 e. The third-order valence-electron chi connectivity index (χ3n) is 3.76. The van der Waals surface area contributed by atoms with Crippen LogP contribution in [0.1, 0.15) is 15.9 Å². The second kappa shape index (κ2) is 9.70. The van der Waals surface area contributed by atoms with Crippen LogP contribution in [0.5, 0.6) is 5.75 Å². The van der Waals surface area contributed by atoms with E-state index >= 15 is 0 Å². The van der Waals surface area contributed by atoms with E-state index in [4.69, 9.17) is 4.74 Å². The molecule has 0 saturated heterocycles. The number of carboxylic acids is 1. The van der Waals surface area contributed by atoms with E-state index in [-0.39, 0.29) is 23.7 Å². The van der Waals surface area contributed by atoms with Crippen LogP contribution in [-0.2, 0) is 9.59 Å². The molecule has 146 valence electrons. The third-order valence-corrected chi connectivity index (χ3v) is 4.25. The first-order valence-electron chi connectivity index (χ1n) is 8.20. The Morgan fingerprint density at radius 1 is 1.21 bits per heavy atom. The minimum absolute atomic E-state index is 0.0466. The number of benzene rings is 2. The molecular weight excluding hydrogens is 428 g/mol. The normalized spacial score (nSPS) is 10.5. The highest BCUT2D eigenvalue weighted by molar-refractivity contribution is 9.10. The van der Waals surface area contributed by atoms with Crippen LogP contribution in [0.15, 0.2) is 53.0 Å². The van der Waals surface area contributed by atoms with Gasteiger partial charge in [-0.2, -0.15) is 0 Å². The van der Waals surface area contributed by atoms with Crippen molar-refractivity contribution in [3.8, 4) is 5.75 Å². The molecule has 2 aromatic carbocycles. The van der Waals surface area contributed by atoms with Gasteiger partial charge >= 0.3 is 5.97 Å². The number of carbonyl (C=O) groups excluding carboxylic acids is 2. The minimum atomic E-state index is -1.16. The summed E-state index contributed by atoms with van der Waals surface area (Å²) in [6.07, 6.45) is 2.97. The Bertz CT molecular complexity index is 927. The van der Waals surface area contributed by atoms with Crippen LogP contribution in [0, 0.1) is 0 Å². The Morgan fingerprint density at radius 2 is 1.96 bits per heavy atom. The highest BCUT2D eigenvalue weighted by atomic mass is 79.9. The number of aromatic carboxylic acids is 1. The number of hydrogen-bond acceptors (Lipinski definition) is 4. The molecule has 0 aliphatic carbocycles. The van der Waals surface area contributed by atoms with E-state index in [0.717, 1.165) is 5.56 Å². The Balaban J connectivity index is 1.99. The van der Waals surface area contributed by atoms with Crippen molar-refractivity contribution < 1.29 is 24.2 Å². The zero-order valence-electron chi connectivity index (χ0n) is 15.3. The number of carboxylic acid groups (broad SMARTS) is 1. The molecule has 2 aromatic rings. The molecule has 0 radical (unpaired) electrons. The Labute approximate surface area is 170 Å². The Morgan fingerprint density at radius 3 is 2.64 bits per heavy atom. The van der Waals surface area contributed by atoms with Crippen molar-refractivity contribution in [2.45, 2.75) is 0 Å². The first-order valence-corrected chi connectivity index (χ1v) is 8.99. The first kappa shape index (κ1) is 21.2. The number of hydrogen-bond donors (Lipinski definition) is 2. The quantitative estimate of drug-likeness (QED) is 0.636. The number of halogens is 1. The molecule has 2 amide bonds. The third kappa shape index (κ3) is 5.95. The van der Waals surface area contributed by atoms with Crippen LogP contribution in [0.4, 0.5) is 5.69 Å². The fraction of sp³-hybridized carbons (Fsp3) is 0.150. The van der Waals surface area contributed by atoms with Crippen molar-refractivity contribution in [3.63, 3.8) is 0 Å². The topological polar surface area (TPSA) is 95.9 Å². The summed E-state index contributed by atoms with van der Waals surface area (Å²) in [5.41, 5.74) is 0.898. The second-order valence-corrected chi connectivity index (χ2v) is 6.76. The number of ether oxygens (including phenoxy) is 1. The lowest BCUT2D eigenvalue weighted by Crippen LogP contribution is -2.34. The molecule has 0 saturated carbocycles. The fourth-order valence-corrected chi connectivity index (χ4v) is 2.69. The zero-order valence-corrected chi connectivity index (χ0v) is 16.9. The van der Waals surface area contributed by atoms with Crippen molar-refractivity contribution in [1.29, 1.82) is 0 Å². The molecule has 28 heavy (non-hydrogen) atoms. The van der Waals surface area contributed by atoms with Crippen LogP contribution in [0.3, 0.4) is 0 Å². The average molecular weight is 447 g/mol. The standard InChI is InChI=1S/C20H19BrN2O5/c1-23(19(25)9-6-13-4-3-5-15(10-13)28-2)12-18(24)22-17-8-7-14(21)11-16(17)20(26)27/h3-11H,12H2,1-2H3,(H,22,24)(H,26,27)/b9-6+. The van der Waals surface area contributed by atoms with E-state index in [9.17, 15) is 19.5 Å². The van der Waals surface area contributed by atoms with E-state index in [1.165, 1.54) is 30.2 Å². The predicted octanol–water partition coefficient (Wildman–Crippen LogP) is 3.27. The number of carbonyl (C=O) groups is 3. The summed E-state index contributed by atoms with van der Waals surface area (Å²) in [6.45, 7) is -0.226. The monoisotopic (exact) mass is 446 g/mol. The summed E-state index contributed by atoms with van der Waals surface area (Å²) in [5.74, 6) is -1.36. The molecule has 2 rings (SSSR count). The summed E-state index contributed by atoms with van der Waals surface area (Å²) < 4.78 is 5.71. The molecule has 0 aromatic heterocycles. The SMILES string of the molecule is COc1cccc(/C=C/C(=O)N(C)CC(=O)Nc2ccc(Br)cc2C(=O)O)c1. The fourth-order valence-electron chi connectivity index (χ4n) is 2.33. The van der Waals surface area contributed by atoms with Crippen LogP contribution < -0.4 is 10.1 Å².